The summed E-state index contributed by atoms with van der Waals surface area (Å²) < 4.78 is 0. The van der Waals surface area contributed by atoms with E-state index in [0.717, 1.165) is 22.8 Å². The number of para-hydroxylation sites is 1. The van der Waals surface area contributed by atoms with Crippen LogP contribution in [-0.2, 0) is 9.59 Å². The molecule has 4 nitrogen and oxygen atoms in total. The molecule has 0 fully saturated rings. The highest BCUT2D eigenvalue weighted by molar-refractivity contribution is 8.01. The molecule has 0 aliphatic carbocycles. The van der Waals surface area contributed by atoms with Crippen molar-refractivity contribution >= 4 is 41.0 Å². The molecule has 0 spiro atoms. The van der Waals surface area contributed by atoms with Crippen LogP contribution in [-0.4, -0.2) is 35.1 Å². The molecule has 2 amide bonds. The van der Waals surface area contributed by atoms with Crippen molar-refractivity contribution in [3.8, 4) is 0 Å². The zero-order valence-electron chi connectivity index (χ0n) is 13.5. The Morgan fingerprint density at radius 2 is 2.09 bits per heavy atom. The van der Waals surface area contributed by atoms with Crippen LogP contribution >= 0.6 is 23.5 Å². The van der Waals surface area contributed by atoms with Gasteiger partial charge in [-0.05, 0) is 36.5 Å². The van der Waals surface area contributed by atoms with E-state index < -0.39 is 0 Å². The van der Waals surface area contributed by atoms with E-state index in [-0.39, 0.29) is 23.5 Å². The van der Waals surface area contributed by atoms with Crippen LogP contribution in [0.2, 0.25) is 0 Å². The monoisotopic (exact) mass is 352 g/mol. The Kier molecular flexibility index (Phi) is 7.82. The van der Waals surface area contributed by atoms with Gasteiger partial charge in [0.25, 0.3) is 0 Å². The summed E-state index contributed by atoms with van der Waals surface area (Å²) in [6.07, 6.45) is 3.70. The summed E-state index contributed by atoms with van der Waals surface area (Å²) >= 11 is 3.41. The van der Waals surface area contributed by atoms with Crippen molar-refractivity contribution in [2.24, 2.45) is 0 Å². The van der Waals surface area contributed by atoms with Gasteiger partial charge in [-0.25, -0.2) is 0 Å². The average Bonchev–Trinajstić information content (AvgIpc) is 2.55. The van der Waals surface area contributed by atoms with Gasteiger partial charge in [-0.2, -0.15) is 11.8 Å². The Bertz CT molecular complexity index is 537. The molecule has 2 rings (SSSR count). The molecule has 2 N–H and O–H groups in total. The second kappa shape index (κ2) is 9.88. The quantitative estimate of drug-likeness (QED) is 0.668. The molecule has 1 aliphatic rings. The lowest BCUT2D eigenvalue weighted by Gasteiger charge is -2.23. The topological polar surface area (TPSA) is 58.2 Å². The van der Waals surface area contributed by atoms with E-state index in [0.29, 0.717) is 6.54 Å². The summed E-state index contributed by atoms with van der Waals surface area (Å²) in [7, 11) is 0. The zero-order valence-corrected chi connectivity index (χ0v) is 15.1. The number of carbonyl (C=O) groups is 2. The van der Waals surface area contributed by atoms with E-state index in [4.69, 9.17) is 0 Å². The molecular weight excluding hydrogens is 328 g/mol. The SMILES string of the molecule is CCCCSCCCNC(=O)CC1Sc2ccccc2NC1=O. The van der Waals surface area contributed by atoms with Crippen LogP contribution in [0.15, 0.2) is 29.2 Å². The maximum Gasteiger partial charge on any atom is 0.238 e. The molecule has 23 heavy (non-hydrogen) atoms. The number of hydrogen-bond acceptors (Lipinski definition) is 4. The van der Waals surface area contributed by atoms with Crippen LogP contribution in [0.3, 0.4) is 0 Å². The maximum absolute atomic E-state index is 12.1. The Labute approximate surface area is 146 Å². The molecule has 1 aliphatic heterocycles. The predicted molar refractivity (Wildman–Crippen MR) is 99.2 cm³/mol. The molecular formula is C17H24N2O2S2. The summed E-state index contributed by atoms with van der Waals surface area (Å²) in [5.74, 6) is 2.14. The second-order valence-corrected chi connectivity index (χ2v) is 7.93. The molecule has 0 radical (unpaired) electrons. The second-order valence-electron chi connectivity index (χ2n) is 5.47. The summed E-state index contributed by atoms with van der Waals surface area (Å²) in [6, 6.07) is 7.69. The first-order valence-electron chi connectivity index (χ1n) is 8.11. The number of nitrogens with one attached hydrogen (secondary N) is 2. The minimum absolute atomic E-state index is 0.0458. The molecule has 126 valence electrons. The van der Waals surface area contributed by atoms with Gasteiger partial charge in [0.05, 0.1) is 10.9 Å². The van der Waals surface area contributed by atoms with E-state index in [2.05, 4.69) is 17.6 Å². The van der Waals surface area contributed by atoms with Crippen LogP contribution < -0.4 is 10.6 Å². The van der Waals surface area contributed by atoms with Crippen molar-refractivity contribution < 1.29 is 9.59 Å². The van der Waals surface area contributed by atoms with Gasteiger partial charge in [0.15, 0.2) is 0 Å². The lowest BCUT2D eigenvalue weighted by molar-refractivity contribution is -0.124. The maximum atomic E-state index is 12.1. The zero-order chi connectivity index (χ0) is 16.5. The van der Waals surface area contributed by atoms with Crippen LogP contribution in [0.1, 0.15) is 32.6 Å². The lowest BCUT2D eigenvalue weighted by atomic mass is 10.2. The summed E-state index contributed by atoms with van der Waals surface area (Å²) in [6.45, 7) is 2.88. The third-order valence-electron chi connectivity index (χ3n) is 3.51. The van der Waals surface area contributed by atoms with Gasteiger partial charge in [0, 0.05) is 17.9 Å². The van der Waals surface area contributed by atoms with Gasteiger partial charge in [-0.15, -0.1) is 11.8 Å². The molecule has 0 bridgehead atoms. The average molecular weight is 353 g/mol. The fraction of sp³-hybridized carbons (Fsp3) is 0.529. The number of amides is 2. The van der Waals surface area contributed by atoms with E-state index in [1.165, 1.54) is 30.4 Å². The largest absolute Gasteiger partial charge is 0.356 e. The molecule has 1 heterocycles. The first-order valence-corrected chi connectivity index (χ1v) is 10.1. The third-order valence-corrected chi connectivity index (χ3v) is 5.94. The number of hydrogen-bond donors (Lipinski definition) is 2. The number of carbonyl (C=O) groups excluding carboxylic acids is 2. The first-order chi connectivity index (χ1) is 11.2. The molecule has 1 aromatic carbocycles. The van der Waals surface area contributed by atoms with E-state index in [1.807, 2.05) is 36.0 Å². The van der Waals surface area contributed by atoms with Crippen molar-refractivity contribution in [3.05, 3.63) is 24.3 Å². The highest BCUT2D eigenvalue weighted by atomic mass is 32.2. The Hall–Kier alpha value is -1.14. The van der Waals surface area contributed by atoms with E-state index >= 15 is 0 Å². The van der Waals surface area contributed by atoms with Crippen molar-refractivity contribution in [2.75, 3.05) is 23.4 Å². The number of unbranched alkanes of at least 4 members (excludes halogenated alkanes) is 1. The number of rotatable bonds is 9. The minimum Gasteiger partial charge on any atom is -0.356 e. The minimum atomic E-state index is -0.344. The van der Waals surface area contributed by atoms with Gasteiger partial charge >= 0.3 is 0 Å². The van der Waals surface area contributed by atoms with Crippen molar-refractivity contribution in [1.29, 1.82) is 0 Å². The fourth-order valence-corrected chi connectivity index (χ4v) is 4.37. The van der Waals surface area contributed by atoms with Crippen molar-refractivity contribution in [2.45, 2.75) is 42.8 Å². The molecule has 1 aromatic rings. The van der Waals surface area contributed by atoms with Crippen LogP contribution in [0.5, 0.6) is 0 Å². The molecule has 0 aromatic heterocycles. The molecule has 0 saturated carbocycles. The Morgan fingerprint density at radius 3 is 2.91 bits per heavy atom. The molecule has 0 saturated heterocycles. The Balaban J connectivity index is 1.66. The standard InChI is InChI=1S/C17H24N2O2S2/c1-2-3-10-22-11-6-9-18-16(20)12-15-17(21)19-13-7-4-5-8-14(13)23-15/h4-5,7-8,15H,2-3,6,9-12H2,1H3,(H,18,20)(H,19,21). The van der Waals surface area contributed by atoms with Gasteiger partial charge < -0.3 is 10.6 Å². The summed E-state index contributed by atoms with van der Waals surface area (Å²) in [5, 5.41) is 5.44. The normalized spacial score (nSPS) is 16.6. The highest BCUT2D eigenvalue weighted by Crippen LogP contribution is 2.36. The van der Waals surface area contributed by atoms with Crippen LogP contribution in [0.25, 0.3) is 0 Å². The molecule has 1 atom stereocenters. The van der Waals surface area contributed by atoms with Gasteiger partial charge in [0.2, 0.25) is 11.8 Å². The smallest absolute Gasteiger partial charge is 0.238 e. The summed E-state index contributed by atoms with van der Waals surface area (Å²) in [4.78, 5) is 25.1. The van der Waals surface area contributed by atoms with Crippen molar-refractivity contribution in [1.82, 2.24) is 5.32 Å². The Morgan fingerprint density at radius 1 is 1.30 bits per heavy atom. The predicted octanol–water partition coefficient (Wildman–Crippen LogP) is 3.53. The van der Waals surface area contributed by atoms with Gasteiger partial charge in [-0.3, -0.25) is 9.59 Å². The number of fused-ring (bicyclic) bond motifs is 1. The summed E-state index contributed by atoms with van der Waals surface area (Å²) in [5.41, 5.74) is 0.836. The van der Waals surface area contributed by atoms with Gasteiger partial charge in [0.1, 0.15) is 0 Å². The third kappa shape index (κ3) is 6.11. The lowest BCUT2D eigenvalue weighted by Crippen LogP contribution is -2.35. The number of thioether (sulfide) groups is 2. The van der Waals surface area contributed by atoms with Crippen molar-refractivity contribution in [3.63, 3.8) is 0 Å². The molecule has 6 heteroatoms. The molecule has 1 unspecified atom stereocenters. The van der Waals surface area contributed by atoms with Crippen LogP contribution in [0.4, 0.5) is 5.69 Å². The van der Waals surface area contributed by atoms with E-state index in [1.54, 1.807) is 0 Å². The highest BCUT2D eigenvalue weighted by Gasteiger charge is 2.28. The van der Waals surface area contributed by atoms with E-state index in [9.17, 15) is 9.59 Å². The fourth-order valence-electron chi connectivity index (χ4n) is 2.22. The first kappa shape index (κ1) is 18.2. The van der Waals surface area contributed by atoms with Crippen LogP contribution in [0, 0.1) is 0 Å². The number of anilines is 1. The van der Waals surface area contributed by atoms with Gasteiger partial charge in [-0.1, -0.05) is 25.5 Å². The number of benzene rings is 1.